The molecular weight excluding hydrogens is 138 g/mol. The Bertz CT molecular complexity index is 182. The van der Waals surface area contributed by atoms with Gasteiger partial charge in [0, 0.05) is 20.3 Å². The lowest BCUT2D eigenvalue weighted by Gasteiger charge is -2.10. The van der Waals surface area contributed by atoms with Gasteiger partial charge in [-0.1, -0.05) is 13.2 Å². The lowest BCUT2D eigenvalue weighted by Crippen LogP contribution is -2.15. The van der Waals surface area contributed by atoms with Crippen LogP contribution in [0, 0.1) is 0 Å². The SMILES string of the molecule is C=CN(C)/C=C(/N)C(=C)NC. The third-order valence-electron chi connectivity index (χ3n) is 1.28. The number of nitrogens with zero attached hydrogens (tertiary/aromatic N) is 1. The molecule has 0 amide bonds. The van der Waals surface area contributed by atoms with Gasteiger partial charge in [0.25, 0.3) is 0 Å². The standard InChI is InChI=1S/C8H15N3/c1-5-11(4)6-8(9)7(2)10-3/h5-6,10H,1-2,9H2,3-4H3/b8-6+. The van der Waals surface area contributed by atoms with Gasteiger partial charge in [0.15, 0.2) is 0 Å². The smallest absolute Gasteiger partial charge is 0.0708 e. The summed E-state index contributed by atoms with van der Waals surface area (Å²) in [5, 5.41) is 2.85. The molecule has 11 heavy (non-hydrogen) atoms. The molecule has 0 aliphatic rings. The minimum atomic E-state index is 0.606. The highest BCUT2D eigenvalue weighted by Crippen LogP contribution is 1.96. The van der Waals surface area contributed by atoms with Crippen LogP contribution >= 0.6 is 0 Å². The zero-order valence-corrected chi connectivity index (χ0v) is 7.09. The summed E-state index contributed by atoms with van der Waals surface area (Å²) >= 11 is 0. The van der Waals surface area contributed by atoms with Crippen LogP contribution in [0.5, 0.6) is 0 Å². The number of nitrogens with two attached hydrogens (primary N) is 1. The van der Waals surface area contributed by atoms with E-state index in [0.29, 0.717) is 11.4 Å². The lowest BCUT2D eigenvalue weighted by molar-refractivity contribution is 0.620. The van der Waals surface area contributed by atoms with Crippen LogP contribution in [0.2, 0.25) is 0 Å². The van der Waals surface area contributed by atoms with Crippen molar-refractivity contribution in [1.82, 2.24) is 10.2 Å². The molecule has 0 rings (SSSR count). The maximum absolute atomic E-state index is 5.61. The normalized spacial score (nSPS) is 10.5. The zero-order valence-electron chi connectivity index (χ0n) is 7.09. The number of hydrogen-bond donors (Lipinski definition) is 2. The monoisotopic (exact) mass is 153 g/mol. The van der Waals surface area contributed by atoms with Crippen LogP contribution in [0.15, 0.2) is 37.0 Å². The number of hydrogen-bond acceptors (Lipinski definition) is 3. The molecule has 0 aliphatic carbocycles. The summed E-state index contributed by atoms with van der Waals surface area (Å²) in [4.78, 5) is 1.76. The minimum Gasteiger partial charge on any atom is -0.396 e. The molecule has 3 heteroatoms. The van der Waals surface area contributed by atoms with Gasteiger partial charge < -0.3 is 16.0 Å². The molecule has 3 nitrogen and oxygen atoms in total. The Morgan fingerprint density at radius 2 is 2.18 bits per heavy atom. The summed E-state index contributed by atoms with van der Waals surface area (Å²) in [5.41, 5.74) is 6.93. The van der Waals surface area contributed by atoms with E-state index in [1.54, 1.807) is 24.3 Å². The van der Waals surface area contributed by atoms with Crippen molar-refractivity contribution in [2.45, 2.75) is 0 Å². The van der Waals surface area contributed by atoms with Gasteiger partial charge in [-0.3, -0.25) is 0 Å². The van der Waals surface area contributed by atoms with Crippen molar-refractivity contribution in [3.8, 4) is 0 Å². The Morgan fingerprint density at radius 3 is 2.55 bits per heavy atom. The van der Waals surface area contributed by atoms with Crippen molar-refractivity contribution in [1.29, 1.82) is 0 Å². The summed E-state index contributed by atoms with van der Waals surface area (Å²) < 4.78 is 0. The first-order valence-electron chi connectivity index (χ1n) is 3.30. The molecule has 0 aromatic heterocycles. The largest absolute Gasteiger partial charge is 0.396 e. The lowest BCUT2D eigenvalue weighted by atomic mass is 10.4. The van der Waals surface area contributed by atoms with Gasteiger partial charge >= 0.3 is 0 Å². The first kappa shape index (κ1) is 9.62. The van der Waals surface area contributed by atoms with Crippen molar-refractivity contribution in [2.24, 2.45) is 5.73 Å². The molecule has 0 heterocycles. The highest BCUT2D eigenvalue weighted by molar-refractivity contribution is 5.22. The Hall–Kier alpha value is -1.38. The van der Waals surface area contributed by atoms with E-state index in [1.165, 1.54) is 0 Å². The highest BCUT2D eigenvalue weighted by atomic mass is 15.1. The summed E-state index contributed by atoms with van der Waals surface area (Å²) in [6, 6.07) is 0. The van der Waals surface area contributed by atoms with Gasteiger partial charge in [0.05, 0.1) is 11.4 Å². The van der Waals surface area contributed by atoms with Crippen LogP contribution in [0.25, 0.3) is 0 Å². The molecule has 0 aliphatic heterocycles. The Balaban J connectivity index is 4.20. The van der Waals surface area contributed by atoms with E-state index < -0.39 is 0 Å². The van der Waals surface area contributed by atoms with Crippen molar-refractivity contribution in [3.05, 3.63) is 37.0 Å². The van der Waals surface area contributed by atoms with Crippen molar-refractivity contribution in [2.75, 3.05) is 14.1 Å². The Kier molecular flexibility index (Phi) is 3.88. The van der Waals surface area contributed by atoms with Gasteiger partial charge in [0.2, 0.25) is 0 Å². The Labute approximate surface area is 67.9 Å². The van der Waals surface area contributed by atoms with Crippen LogP contribution in [0.3, 0.4) is 0 Å². The van der Waals surface area contributed by atoms with Crippen LogP contribution in [0.1, 0.15) is 0 Å². The number of likely N-dealkylation sites (N-methyl/N-ethyl adjacent to an activating group) is 1. The summed E-state index contributed by atoms with van der Waals surface area (Å²) in [6.07, 6.45) is 3.40. The zero-order chi connectivity index (χ0) is 8.85. The highest BCUT2D eigenvalue weighted by Gasteiger charge is 1.93. The van der Waals surface area contributed by atoms with Crippen LogP contribution < -0.4 is 11.1 Å². The maximum atomic E-state index is 5.61. The third kappa shape index (κ3) is 3.35. The van der Waals surface area contributed by atoms with E-state index in [0.717, 1.165) is 0 Å². The van der Waals surface area contributed by atoms with Gasteiger partial charge in [-0.25, -0.2) is 0 Å². The molecule has 0 fully saturated rings. The van der Waals surface area contributed by atoms with E-state index in [2.05, 4.69) is 18.5 Å². The fraction of sp³-hybridized carbons (Fsp3) is 0.250. The van der Waals surface area contributed by atoms with Crippen molar-refractivity contribution < 1.29 is 0 Å². The van der Waals surface area contributed by atoms with Gasteiger partial charge in [-0.05, 0) is 6.20 Å². The molecular formula is C8H15N3. The summed E-state index contributed by atoms with van der Waals surface area (Å²) in [6.45, 7) is 7.27. The first-order chi connectivity index (χ1) is 5.11. The first-order valence-corrected chi connectivity index (χ1v) is 3.30. The molecule has 0 aromatic rings. The van der Waals surface area contributed by atoms with E-state index in [-0.39, 0.29) is 0 Å². The van der Waals surface area contributed by atoms with E-state index in [1.807, 2.05) is 7.05 Å². The van der Waals surface area contributed by atoms with E-state index in [4.69, 9.17) is 5.73 Å². The molecule has 0 saturated carbocycles. The fourth-order valence-electron chi connectivity index (χ4n) is 0.494. The molecule has 3 N–H and O–H groups in total. The molecule has 0 unspecified atom stereocenters. The molecule has 0 bridgehead atoms. The van der Waals surface area contributed by atoms with Gasteiger partial charge in [-0.2, -0.15) is 0 Å². The maximum Gasteiger partial charge on any atom is 0.0708 e. The van der Waals surface area contributed by atoms with E-state index in [9.17, 15) is 0 Å². The van der Waals surface area contributed by atoms with Crippen molar-refractivity contribution >= 4 is 0 Å². The predicted molar refractivity (Wildman–Crippen MR) is 48.4 cm³/mol. The van der Waals surface area contributed by atoms with E-state index >= 15 is 0 Å². The van der Waals surface area contributed by atoms with Crippen LogP contribution in [0.4, 0.5) is 0 Å². The summed E-state index contributed by atoms with van der Waals surface area (Å²) in [7, 11) is 3.62. The fourth-order valence-corrected chi connectivity index (χ4v) is 0.494. The number of nitrogens with one attached hydrogen (secondary N) is 1. The summed E-state index contributed by atoms with van der Waals surface area (Å²) in [5.74, 6) is 0. The van der Waals surface area contributed by atoms with Crippen LogP contribution in [-0.2, 0) is 0 Å². The quantitative estimate of drug-likeness (QED) is 0.581. The van der Waals surface area contributed by atoms with Crippen molar-refractivity contribution in [3.63, 3.8) is 0 Å². The minimum absolute atomic E-state index is 0.606. The second-order valence-corrected chi connectivity index (χ2v) is 2.16. The third-order valence-corrected chi connectivity index (χ3v) is 1.28. The topological polar surface area (TPSA) is 41.3 Å². The second kappa shape index (κ2) is 4.44. The molecule has 0 radical (unpaired) electrons. The molecule has 0 atom stereocenters. The number of rotatable bonds is 4. The van der Waals surface area contributed by atoms with Crippen LogP contribution in [-0.4, -0.2) is 19.0 Å². The Morgan fingerprint density at radius 1 is 1.64 bits per heavy atom. The van der Waals surface area contributed by atoms with Gasteiger partial charge in [0.1, 0.15) is 0 Å². The molecule has 0 spiro atoms. The van der Waals surface area contributed by atoms with Gasteiger partial charge in [-0.15, -0.1) is 0 Å². The average Bonchev–Trinajstić information content (AvgIpc) is 2.02. The molecule has 0 saturated heterocycles. The molecule has 62 valence electrons. The predicted octanol–water partition coefficient (Wildman–Crippen LogP) is 0.595. The average molecular weight is 153 g/mol. The molecule has 0 aromatic carbocycles. The second-order valence-electron chi connectivity index (χ2n) is 2.16.